The van der Waals surface area contributed by atoms with Gasteiger partial charge in [-0.25, -0.2) is 4.39 Å². The first-order valence-corrected chi connectivity index (χ1v) is 7.04. The fourth-order valence-corrected chi connectivity index (χ4v) is 2.92. The second-order valence-corrected chi connectivity index (χ2v) is 5.59. The molecule has 0 fully saturated rings. The molecule has 0 aromatic heterocycles. The molecule has 2 nitrogen and oxygen atoms in total. The van der Waals surface area contributed by atoms with Gasteiger partial charge < -0.3 is 5.73 Å². The number of fused-ring (bicyclic) bond motifs is 1. The molecular formula is C16H16ClFN2. The van der Waals surface area contributed by atoms with Crippen LogP contribution >= 0.6 is 11.6 Å². The molecule has 3 rings (SSSR count). The molecule has 4 heteroatoms. The van der Waals surface area contributed by atoms with Crippen molar-refractivity contribution in [1.82, 2.24) is 4.90 Å². The van der Waals surface area contributed by atoms with Gasteiger partial charge in [0.25, 0.3) is 0 Å². The Hall–Kier alpha value is -1.58. The van der Waals surface area contributed by atoms with Gasteiger partial charge in [-0.2, -0.15) is 0 Å². The van der Waals surface area contributed by atoms with Crippen molar-refractivity contribution in [2.75, 3.05) is 12.3 Å². The van der Waals surface area contributed by atoms with E-state index >= 15 is 0 Å². The van der Waals surface area contributed by atoms with Crippen LogP contribution in [-0.4, -0.2) is 11.4 Å². The van der Waals surface area contributed by atoms with Crippen molar-refractivity contribution >= 4 is 17.3 Å². The Morgan fingerprint density at radius 3 is 2.95 bits per heavy atom. The number of hydrogen-bond acceptors (Lipinski definition) is 2. The van der Waals surface area contributed by atoms with E-state index in [0.29, 0.717) is 11.6 Å². The predicted molar refractivity (Wildman–Crippen MR) is 80.1 cm³/mol. The summed E-state index contributed by atoms with van der Waals surface area (Å²) >= 11 is 6.13. The van der Waals surface area contributed by atoms with Crippen LogP contribution in [0.4, 0.5) is 10.1 Å². The molecule has 0 atom stereocenters. The highest BCUT2D eigenvalue weighted by molar-refractivity contribution is 6.31. The van der Waals surface area contributed by atoms with Gasteiger partial charge in [0, 0.05) is 30.3 Å². The molecule has 2 aromatic rings. The van der Waals surface area contributed by atoms with Gasteiger partial charge in [0.05, 0.1) is 0 Å². The summed E-state index contributed by atoms with van der Waals surface area (Å²) in [6, 6.07) is 10.5. The quantitative estimate of drug-likeness (QED) is 0.856. The molecule has 1 aliphatic heterocycles. The summed E-state index contributed by atoms with van der Waals surface area (Å²) in [5, 5.41) is 0.616. The van der Waals surface area contributed by atoms with Crippen LogP contribution in [0.2, 0.25) is 5.02 Å². The summed E-state index contributed by atoms with van der Waals surface area (Å²) in [6.45, 7) is 2.39. The van der Waals surface area contributed by atoms with Crippen LogP contribution in [0.3, 0.4) is 0 Å². The Morgan fingerprint density at radius 1 is 1.25 bits per heavy atom. The Balaban J connectivity index is 1.79. The Bertz CT molecular complexity index is 642. The average Bonchev–Trinajstić information content (AvgIpc) is 2.43. The average molecular weight is 291 g/mol. The second kappa shape index (κ2) is 5.43. The van der Waals surface area contributed by atoms with Crippen LogP contribution in [0.15, 0.2) is 36.4 Å². The molecule has 0 bridgehead atoms. The summed E-state index contributed by atoms with van der Waals surface area (Å²) < 4.78 is 13.3. The maximum absolute atomic E-state index is 13.3. The summed E-state index contributed by atoms with van der Waals surface area (Å²) in [5.74, 6) is -0.244. The van der Waals surface area contributed by atoms with Crippen molar-refractivity contribution < 1.29 is 4.39 Å². The standard InChI is InChI=1S/C16H16ClFN2/c17-15-5-4-13(18)8-12(15)10-20-7-6-14-11(9-20)2-1-3-16(14)19/h1-5,8H,6-7,9-10,19H2. The second-order valence-electron chi connectivity index (χ2n) is 5.18. The highest BCUT2D eigenvalue weighted by Crippen LogP contribution is 2.26. The first-order chi connectivity index (χ1) is 9.63. The number of anilines is 1. The third kappa shape index (κ3) is 2.65. The number of nitrogens with zero attached hydrogens (tertiary/aromatic N) is 1. The molecule has 0 spiro atoms. The number of nitrogens with two attached hydrogens (primary N) is 1. The Morgan fingerprint density at radius 2 is 2.10 bits per heavy atom. The normalized spacial score (nSPS) is 15.1. The summed E-state index contributed by atoms with van der Waals surface area (Å²) in [6.07, 6.45) is 0.926. The number of hydrogen-bond donors (Lipinski definition) is 1. The van der Waals surface area contributed by atoms with E-state index in [4.69, 9.17) is 17.3 Å². The van der Waals surface area contributed by atoms with E-state index < -0.39 is 0 Å². The highest BCUT2D eigenvalue weighted by atomic mass is 35.5. The van der Waals surface area contributed by atoms with Crippen molar-refractivity contribution in [3.05, 3.63) is 63.9 Å². The molecule has 104 valence electrons. The third-order valence-corrected chi connectivity index (χ3v) is 4.15. The van der Waals surface area contributed by atoms with Crippen LogP contribution in [-0.2, 0) is 19.5 Å². The Kier molecular flexibility index (Phi) is 3.64. The molecule has 0 unspecified atom stereocenters. The largest absolute Gasteiger partial charge is 0.398 e. The molecule has 0 aliphatic carbocycles. The van der Waals surface area contributed by atoms with Crippen molar-refractivity contribution in [3.8, 4) is 0 Å². The Labute approximate surface area is 123 Å². The van der Waals surface area contributed by atoms with E-state index in [0.717, 1.165) is 30.8 Å². The van der Waals surface area contributed by atoms with Crippen LogP contribution in [0.25, 0.3) is 0 Å². The van der Waals surface area contributed by atoms with E-state index in [1.54, 1.807) is 6.07 Å². The van der Waals surface area contributed by atoms with E-state index in [2.05, 4.69) is 11.0 Å². The first kappa shape index (κ1) is 13.4. The molecule has 0 amide bonds. The van der Waals surface area contributed by atoms with E-state index in [-0.39, 0.29) is 5.82 Å². The summed E-state index contributed by atoms with van der Waals surface area (Å²) in [5.41, 5.74) is 10.2. The van der Waals surface area contributed by atoms with Crippen molar-refractivity contribution in [1.29, 1.82) is 0 Å². The first-order valence-electron chi connectivity index (χ1n) is 6.66. The minimum atomic E-state index is -0.244. The van der Waals surface area contributed by atoms with Crippen LogP contribution in [0, 0.1) is 5.82 Å². The maximum atomic E-state index is 13.3. The number of halogens is 2. The molecule has 1 heterocycles. The molecule has 1 aliphatic rings. The summed E-state index contributed by atoms with van der Waals surface area (Å²) in [4.78, 5) is 2.27. The van der Waals surface area contributed by atoms with E-state index in [9.17, 15) is 4.39 Å². The fourth-order valence-electron chi connectivity index (χ4n) is 2.74. The van der Waals surface area contributed by atoms with Gasteiger partial charge in [-0.15, -0.1) is 0 Å². The minimum absolute atomic E-state index is 0.244. The molecule has 20 heavy (non-hydrogen) atoms. The van der Waals surface area contributed by atoms with E-state index in [1.807, 2.05) is 12.1 Å². The topological polar surface area (TPSA) is 29.3 Å². The van der Waals surface area contributed by atoms with Gasteiger partial charge in [0.1, 0.15) is 5.82 Å². The lowest BCUT2D eigenvalue weighted by Gasteiger charge is -2.29. The minimum Gasteiger partial charge on any atom is -0.398 e. The van der Waals surface area contributed by atoms with Crippen molar-refractivity contribution in [2.45, 2.75) is 19.5 Å². The van der Waals surface area contributed by atoms with Crippen LogP contribution in [0.1, 0.15) is 16.7 Å². The van der Waals surface area contributed by atoms with Gasteiger partial charge in [-0.05, 0) is 47.4 Å². The fraction of sp³-hybridized carbons (Fsp3) is 0.250. The molecule has 2 N–H and O–H groups in total. The molecule has 2 aromatic carbocycles. The number of rotatable bonds is 2. The third-order valence-electron chi connectivity index (χ3n) is 3.78. The molecule has 0 saturated heterocycles. The van der Waals surface area contributed by atoms with Gasteiger partial charge in [-0.1, -0.05) is 23.7 Å². The SMILES string of the molecule is Nc1cccc2c1CCN(Cc1cc(F)ccc1Cl)C2. The van der Waals surface area contributed by atoms with E-state index in [1.165, 1.54) is 23.3 Å². The monoisotopic (exact) mass is 290 g/mol. The van der Waals surface area contributed by atoms with Gasteiger partial charge >= 0.3 is 0 Å². The van der Waals surface area contributed by atoms with Gasteiger partial charge in [0.2, 0.25) is 0 Å². The zero-order chi connectivity index (χ0) is 14.1. The number of nitrogen functional groups attached to an aromatic ring is 1. The molecule has 0 saturated carbocycles. The predicted octanol–water partition coefficient (Wildman–Crippen LogP) is 3.62. The smallest absolute Gasteiger partial charge is 0.123 e. The zero-order valence-electron chi connectivity index (χ0n) is 11.1. The number of benzene rings is 2. The lowest BCUT2D eigenvalue weighted by atomic mass is 9.97. The van der Waals surface area contributed by atoms with Crippen molar-refractivity contribution in [2.24, 2.45) is 0 Å². The van der Waals surface area contributed by atoms with Crippen molar-refractivity contribution in [3.63, 3.8) is 0 Å². The lowest BCUT2D eigenvalue weighted by Crippen LogP contribution is -2.30. The zero-order valence-corrected chi connectivity index (χ0v) is 11.8. The molecule has 0 radical (unpaired) electrons. The lowest BCUT2D eigenvalue weighted by molar-refractivity contribution is 0.245. The van der Waals surface area contributed by atoms with Crippen LogP contribution < -0.4 is 5.73 Å². The van der Waals surface area contributed by atoms with Crippen LogP contribution in [0.5, 0.6) is 0 Å². The maximum Gasteiger partial charge on any atom is 0.123 e. The molecular weight excluding hydrogens is 275 g/mol. The summed E-state index contributed by atoms with van der Waals surface area (Å²) in [7, 11) is 0. The van der Waals surface area contributed by atoms with Gasteiger partial charge in [0.15, 0.2) is 0 Å². The van der Waals surface area contributed by atoms with Gasteiger partial charge in [-0.3, -0.25) is 4.90 Å². The highest BCUT2D eigenvalue weighted by Gasteiger charge is 2.18.